The van der Waals surface area contributed by atoms with Crippen molar-refractivity contribution in [3.05, 3.63) is 46.3 Å². The zero-order valence-electron chi connectivity index (χ0n) is 16.9. The van der Waals surface area contributed by atoms with E-state index < -0.39 is 0 Å². The largest absolute Gasteiger partial charge is 0.367 e. The Morgan fingerprint density at radius 2 is 1.93 bits per heavy atom. The first kappa shape index (κ1) is 22.8. The highest BCUT2D eigenvalue weighted by Crippen LogP contribution is 2.26. The molecule has 3 rings (SSSR count). The number of hydrogen-bond acceptors (Lipinski definition) is 4. The van der Waals surface area contributed by atoms with Gasteiger partial charge < -0.3 is 19.6 Å². The summed E-state index contributed by atoms with van der Waals surface area (Å²) in [6, 6.07) is 8.02. The van der Waals surface area contributed by atoms with Crippen LogP contribution in [-0.2, 0) is 0 Å². The number of hydrogen-bond donors (Lipinski definition) is 1. The van der Waals surface area contributed by atoms with E-state index >= 15 is 0 Å². The summed E-state index contributed by atoms with van der Waals surface area (Å²) in [7, 11) is 1.84. The fourth-order valence-electron chi connectivity index (χ4n) is 3.74. The van der Waals surface area contributed by atoms with E-state index in [-0.39, 0.29) is 24.0 Å². The second-order valence-corrected chi connectivity index (χ2v) is 7.40. The molecule has 8 heteroatoms. The summed E-state index contributed by atoms with van der Waals surface area (Å²) in [6.45, 7) is 10.6. The van der Waals surface area contributed by atoms with E-state index in [4.69, 9.17) is 16.1 Å². The van der Waals surface area contributed by atoms with Crippen molar-refractivity contribution in [2.45, 2.75) is 26.7 Å². The van der Waals surface area contributed by atoms with Crippen LogP contribution in [0.25, 0.3) is 0 Å². The standard InChI is InChI=1S/C20H28ClN5O.HI/c1-14(19-15(2)24-27-16(19)3)13-23-20(22-4)26-11-9-25(10-12-26)18-8-6-5-7-17(18)21;/h5-8,14H,9-13H2,1-4H3,(H,22,23);1H. The van der Waals surface area contributed by atoms with Crippen LogP contribution in [0.15, 0.2) is 33.8 Å². The number of nitrogens with one attached hydrogen (secondary N) is 1. The molecule has 0 saturated carbocycles. The third kappa shape index (κ3) is 5.11. The molecule has 1 aromatic carbocycles. The summed E-state index contributed by atoms with van der Waals surface area (Å²) in [5.74, 6) is 2.13. The SMILES string of the molecule is CN=C(NCC(C)c1c(C)noc1C)N1CCN(c2ccccc2Cl)CC1.I. The zero-order chi connectivity index (χ0) is 19.4. The summed E-state index contributed by atoms with van der Waals surface area (Å²) in [5, 5.41) is 8.38. The predicted molar refractivity (Wildman–Crippen MR) is 126 cm³/mol. The van der Waals surface area contributed by atoms with Gasteiger partial charge in [-0.1, -0.05) is 35.8 Å². The van der Waals surface area contributed by atoms with E-state index in [1.807, 2.05) is 39.1 Å². The van der Waals surface area contributed by atoms with E-state index in [0.717, 1.165) is 60.8 Å². The van der Waals surface area contributed by atoms with Gasteiger partial charge in [-0.15, -0.1) is 24.0 Å². The first-order chi connectivity index (χ1) is 13.0. The Morgan fingerprint density at radius 3 is 2.50 bits per heavy atom. The van der Waals surface area contributed by atoms with Crippen molar-refractivity contribution in [3.8, 4) is 0 Å². The predicted octanol–water partition coefficient (Wildman–Crippen LogP) is 4.06. The molecule has 1 fully saturated rings. The summed E-state index contributed by atoms with van der Waals surface area (Å²) >= 11 is 6.34. The fourth-order valence-corrected chi connectivity index (χ4v) is 3.99. The average molecular weight is 518 g/mol. The van der Waals surface area contributed by atoms with Crippen molar-refractivity contribution >= 4 is 47.2 Å². The van der Waals surface area contributed by atoms with Crippen molar-refractivity contribution in [3.63, 3.8) is 0 Å². The number of rotatable bonds is 4. The number of anilines is 1. The lowest BCUT2D eigenvalue weighted by Crippen LogP contribution is -2.53. The van der Waals surface area contributed by atoms with Gasteiger partial charge in [0.15, 0.2) is 5.96 Å². The minimum atomic E-state index is 0. The highest BCUT2D eigenvalue weighted by atomic mass is 127. The summed E-state index contributed by atoms with van der Waals surface area (Å²) in [5.41, 5.74) is 3.25. The molecule has 0 bridgehead atoms. The minimum absolute atomic E-state index is 0. The second-order valence-electron chi connectivity index (χ2n) is 6.99. The molecule has 6 nitrogen and oxygen atoms in total. The molecule has 1 atom stereocenters. The number of halogens is 2. The van der Waals surface area contributed by atoms with Gasteiger partial charge in [0.2, 0.25) is 0 Å². The van der Waals surface area contributed by atoms with Crippen LogP contribution >= 0.6 is 35.6 Å². The van der Waals surface area contributed by atoms with Gasteiger partial charge in [-0.2, -0.15) is 0 Å². The molecule has 0 spiro atoms. The normalized spacial score (nSPS) is 16.0. The Morgan fingerprint density at radius 1 is 1.25 bits per heavy atom. The smallest absolute Gasteiger partial charge is 0.193 e. The molecule has 0 aliphatic carbocycles. The number of aromatic nitrogens is 1. The minimum Gasteiger partial charge on any atom is -0.367 e. The number of aliphatic imine (C=N–C) groups is 1. The van der Waals surface area contributed by atoms with Gasteiger partial charge in [-0.3, -0.25) is 4.99 Å². The number of nitrogens with zero attached hydrogens (tertiary/aromatic N) is 4. The van der Waals surface area contributed by atoms with Crippen molar-refractivity contribution in [1.82, 2.24) is 15.4 Å². The molecule has 1 N–H and O–H groups in total. The van der Waals surface area contributed by atoms with E-state index in [2.05, 4.69) is 38.3 Å². The molecule has 28 heavy (non-hydrogen) atoms. The maximum atomic E-state index is 6.34. The molecule has 2 aromatic rings. The van der Waals surface area contributed by atoms with Crippen LogP contribution in [0.5, 0.6) is 0 Å². The molecule has 154 valence electrons. The monoisotopic (exact) mass is 517 g/mol. The van der Waals surface area contributed by atoms with Gasteiger partial charge in [0.25, 0.3) is 0 Å². The maximum absolute atomic E-state index is 6.34. The molecule has 1 aliphatic heterocycles. The van der Waals surface area contributed by atoms with E-state index in [1.165, 1.54) is 5.56 Å². The lowest BCUT2D eigenvalue weighted by molar-refractivity contribution is 0.371. The molecule has 1 aromatic heterocycles. The van der Waals surface area contributed by atoms with Crippen molar-refractivity contribution < 1.29 is 4.52 Å². The van der Waals surface area contributed by atoms with Gasteiger partial charge in [0.1, 0.15) is 5.76 Å². The van der Waals surface area contributed by atoms with E-state index in [0.29, 0.717) is 5.92 Å². The molecular formula is C20H29ClIN5O. The lowest BCUT2D eigenvalue weighted by atomic mass is 10.00. The molecule has 0 radical (unpaired) electrons. The molecule has 0 amide bonds. The van der Waals surface area contributed by atoms with Crippen LogP contribution in [0.3, 0.4) is 0 Å². The summed E-state index contributed by atoms with van der Waals surface area (Å²) in [4.78, 5) is 9.10. The van der Waals surface area contributed by atoms with Gasteiger partial charge in [-0.25, -0.2) is 0 Å². The van der Waals surface area contributed by atoms with Crippen LogP contribution in [0, 0.1) is 13.8 Å². The van der Waals surface area contributed by atoms with Gasteiger partial charge >= 0.3 is 0 Å². The van der Waals surface area contributed by atoms with Crippen LogP contribution in [0.4, 0.5) is 5.69 Å². The fraction of sp³-hybridized carbons (Fsp3) is 0.500. The Kier molecular flexibility index (Phi) is 8.42. The number of benzene rings is 1. The molecule has 1 aliphatic rings. The Bertz CT molecular complexity index is 782. The van der Waals surface area contributed by atoms with Crippen molar-refractivity contribution in [1.29, 1.82) is 0 Å². The lowest BCUT2D eigenvalue weighted by Gasteiger charge is -2.38. The van der Waals surface area contributed by atoms with E-state index in [9.17, 15) is 0 Å². The van der Waals surface area contributed by atoms with Crippen molar-refractivity contribution in [2.24, 2.45) is 4.99 Å². The molecule has 2 heterocycles. The van der Waals surface area contributed by atoms with Crippen LogP contribution in [0.2, 0.25) is 5.02 Å². The number of para-hydroxylation sites is 1. The quantitative estimate of drug-likeness (QED) is 0.377. The number of aryl methyl sites for hydroxylation is 2. The summed E-state index contributed by atoms with van der Waals surface area (Å²) < 4.78 is 5.29. The Hall–Kier alpha value is -1.48. The van der Waals surface area contributed by atoms with Crippen LogP contribution in [-0.4, -0.2) is 55.8 Å². The van der Waals surface area contributed by atoms with Crippen LogP contribution in [0.1, 0.15) is 29.9 Å². The van der Waals surface area contributed by atoms with Crippen molar-refractivity contribution in [2.75, 3.05) is 44.7 Å². The van der Waals surface area contributed by atoms with E-state index in [1.54, 1.807) is 0 Å². The van der Waals surface area contributed by atoms with Gasteiger partial charge in [0.05, 0.1) is 16.4 Å². The number of piperazine rings is 1. The molecule has 1 unspecified atom stereocenters. The topological polar surface area (TPSA) is 56.9 Å². The van der Waals surface area contributed by atoms with Gasteiger partial charge in [0, 0.05) is 51.3 Å². The Labute approximate surface area is 189 Å². The first-order valence-corrected chi connectivity index (χ1v) is 9.77. The third-order valence-electron chi connectivity index (χ3n) is 5.13. The summed E-state index contributed by atoms with van der Waals surface area (Å²) in [6.07, 6.45) is 0. The highest BCUT2D eigenvalue weighted by molar-refractivity contribution is 14.0. The Balaban J connectivity index is 0.00000280. The van der Waals surface area contributed by atoms with Gasteiger partial charge in [-0.05, 0) is 26.0 Å². The maximum Gasteiger partial charge on any atom is 0.193 e. The molecule has 1 saturated heterocycles. The third-order valence-corrected chi connectivity index (χ3v) is 5.45. The zero-order valence-corrected chi connectivity index (χ0v) is 20.0. The van der Waals surface area contributed by atoms with Crippen LogP contribution < -0.4 is 10.2 Å². The second kappa shape index (κ2) is 10.3. The highest BCUT2D eigenvalue weighted by Gasteiger charge is 2.22. The molecular weight excluding hydrogens is 489 g/mol. The first-order valence-electron chi connectivity index (χ1n) is 9.39. The average Bonchev–Trinajstić information content (AvgIpc) is 3.01. The number of guanidine groups is 1.